The van der Waals surface area contributed by atoms with Gasteiger partial charge in [0.1, 0.15) is 5.75 Å². The summed E-state index contributed by atoms with van der Waals surface area (Å²) in [5, 5.41) is 9.22. The minimum absolute atomic E-state index is 0.156. The van der Waals surface area contributed by atoms with Crippen LogP contribution in [0.2, 0.25) is 0 Å². The first-order valence-electron chi connectivity index (χ1n) is 6.68. The van der Waals surface area contributed by atoms with Gasteiger partial charge >= 0.3 is 0 Å². The van der Waals surface area contributed by atoms with Crippen LogP contribution in [0.5, 0.6) is 5.75 Å². The number of nitrogens with zero attached hydrogens (tertiary/aromatic N) is 2. The number of hydrogen-bond acceptors (Lipinski definition) is 3. The number of amides is 1. The van der Waals surface area contributed by atoms with Gasteiger partial charge in [0, 0.05) is 5.69 Å². The number of nitriles is 1. The highest BCUT2D eigenvalue weighted by atomic mass is 16.5. The largest absolute Gasteiger partial charge is 0.497 e. The maximum absolute atomic E-state index is 12.2. The zero-order valence-corrected chi connectivity index (χ0v) is 11.6. The van der Waals surface area contributed by atoms with E-state index in [1.807, 2.05) is 54.6 Å². The Morgan fingerprint density at radius 1 is 1.10 bits per heavy atom. The molecule has 0 bridgehead atoms. The van der Waals surface area contributed by atoms with Gasteiger partial charge in [0.2, 0.25) is 5.91 Å². The monoisotopic (exact) mass is 278 g/mol. The second-order valence-corrected chi connectivity index (χ2v) is 4.87. The molecule has 0 N–H and O–H groups in total. The fourth-order valence-corrected chi connectivity index (χ4v) is 2.64. The molecule has 0 aromatic heterocycles. The number of carbonyl (C=O) groups is 1. The molecule has 1 fully saturated rings. The quantitative estimate of drug-likeness (QED) is 0.811. The van der Waals surface area contributed by atoms with Crippen LogP contribution in [0.4, 0.5) is 5.69 Å². The Morgan fingerprint density at radius 2 is 1.76 bits per heavy atom. The zero-order valence-electron chi connectivity index (χ0n) is 11.6. The Morgan fingerprint density at radius 3 is 2.33 bits per heavy atom. The highest BCUT2D eigenvalue weighted by Gasteiger charge is 2.49. The lowest BCUT2D eigenvalue weighted by molar-refractivity contribution is -0.127. The normalized spacial score (nSPS) is 20.6. The van der Waals surface area contributed by atoms with E-state index >= 15 is 0 Å². The third-order valence-corrected chi connectivity index (χ3v) is 3.73. The average molecular weight is 278 g/mol. The first-order valence-corrected chi connectivity index (χ1v) is 6.68. The van der Waals surface area contributed by atoms with E-state index in [0.717, 1.165) is 17.0 Å². The minimum atomic E-state index is -0.616. The van der Waals surface area contributed by atoms with Gasteiger partial charge < -0.3 is 9.64 Å². The molecule has 21 heavy (non-hydrogen) atoms. The van der Waals surface area contributed by atoms with Crippen LogP contribution < -0.4 is 9.64 Å². The van der Waals surface area contributed by atoms with Crippen molar-refractivity contribution in [1.29, 1.82) is 5.26 Å². The van der Waals surface area contributed by atoms with Crippen molar-refractivity contribution in [2.24, 2.45) is 5.92 Å². The summed E-state index contributed by atoms with van der Waals surface area (Å²) < 4.78 is 5.13. The van der Waals surface area contributed by atoms with Crippen LogP contribution in [0.25, 0.3) is 0 Å². The van der Waals surface area contributed by atoms with Crippen molar-refractivity contribution in [1.82, 2.24) is 0 Å². The van der Waals surface area contributed by atoms with Crippen LogP contribution in [0.1, 0.15) is 11.6 Å². The molecule has 2 aromatic rings. The molecule has 1 aliphatic rings. The van der Waals surface area contributed by atoms with Crippen LogP contribution in [-0.2, 0) is 4.79 Å². The molecule has 2 aromatic carbocycles. The Kier molecular flexibility index (Phi) is 3.33. The molecule has 0 spiro atoms. The third-order valence-electron chi connectivity index (χ3n) is 3.73. The van der Waals surface area contributed by atoms with Crippen molar-refractivity contribution < 1.29 is 9.53 Å². The predicted molar refractivity (Wildman–Crippen MR) is 78.8 cm³/mol. The summed E-state index contributed by atoms with van der Waals surface area (Å²) in [6.45, 7) is 0. The first kappa shape index (κ1) is 13.2. The van der Waals surface area contributed by atoms with E-state index in [4.69, 9.17) is 4.74 Å². The Hall–Kier alpha value is -2.80. The number of hydrogen-bond donors (Lipinski definition) is 0. The van der Waals surface area contributed by atoms with E-state index in [9.17, 15) is 10.1 Å². The van der Waals surface area contributed by atoms with E-state index in [1.165, 1.54) is 0 Å². The van der Waals surface area contributed by atoms with Crippen LogP contribution in [0.15, 0.2) is 54.6 Å². The van der Waals surface area contributed by atoms with Crippen molar-refractivity contribution in [3.63, 3.8) is 0 Å². The molecule has 4 nitrogen and oxygen atoms in total. The van der Waals surface area contributed by atoms with Crippen molar-refractivity contribution in [3.05, 3.63) is 60.2 Å². The highest BCUT2D eigenvalue weighted by Crippen LogP contribution is 2.43. The van der Waals surface area contributed by atoms with E-state index in [2.05, 4.69) is 6.07 Å². The van der Waals surface area contributed by atoms with Crippen LogP contribution in [-0.4, -0.2) is 13.0 Å². The summed E-state index contributed by atoms with van der Waals surface area (Å²) in [7, 11) is 1.60. The lowest BCUT2D eigenvalue weighted by atomic mass is 9.83. The topological polar surface area (TPSA) is 53.3 Å². The zero-order chi connectivity index (χ0) is 14.8. The molecule has 1 heterocycles. The van der Waals surface area contributed by atoms with Crippen LogP contribution in [0.3, 0.4) is 0 Å². The second kappa shape index (κ2) is 5.29. The molecule has 0 radical (unpaired) electrons. The molecule has 3 rings (SSSR count). The highest BCUT2D eigenvalue weighted by molar-refractivity contribution is 6.04. The number of methoxy groups -OCH3 is 1. The summed E-state index contributed by atoms with van der Waals surface area (Å²) in [6, 6.07) is 18.8. The van der Waals surface area contributed by atoms with Gasteiger partial charge in [-0.15, -0.1) is 0 Å². The maximum atomic E-state index is 12.2. The molecule has 2 atom stereocenters. The van der Waals surface area contributed by atoms with Crippen molar-refractivity contribution in [2.45, 2.75) is 6.04 Å². The van der Waals surface area contributed by atoms with Gasteiger partial charge in [0.05, 0.1) is 19.2 Å². The van der Waals surface area contributed by atoms with Crippen molar-refractivity contribution >= 4 is 11.6 Å². The van der Waals surface area contributed by atoms with Gasteiger partial charge in [-0.25, -0.2) is 0 Å². The van der Waals surface area contributed by atoms with Gasteiger partial charge in [-0.05, 0) is 29.8 Å². The molecule has 0 unspecified atom stereocenters. The number of anilines is 1. The fourth-order valence-electron chi connectivity index (χ4n) is 2.64. The van der Waals surface area contributed by atoms with Gasteiger partial charge in [-0.3, -0.25) is 4.79 Å². The molecule has 1 saturated heterocycles. The standard InChI is InChI=1S/C17H14N2O2/c1-21-14-9-7-13(8-10-14)19-16(15(11-18)17(19)20)12-5-3-2-4-6-12/h2-10,15-16H,1H3/t15-,16+/m0/s1. The molecule has 104 valence electrons. The second-order valence-electron chi connectivity index (χ2n) is 4.87. The maximum Gasteiger partial charge on any atom is 0.247 e. The summed E-state index contributed by atoms with van der Waals surface area (Å²) in [5.74, 6) is -0.0363. The number of carbonyl (C=O) groups excluding carboxylic acids is 1. The molecular weight excluding hydrogens is 264 g/mol. The lowest BCUT2D eigenvalue weighted by Gasteiger charge is -2.44. The smallest absolute Gasteiger partial charge is 0.247 e. The van der Waals surface area contributed by atoms with Crippen molar-refractivity contribution in [2.75, 3.05) is 12.0 Å². The first-order chi connectivity index (χ1) is 10.3. The summed E-state index contributed by atoms with van der Waals surface area (Å²) in [4.78, 5) is 13.9. The lowest BCUT2D eigenvalue weighted by Crippen LogP contribution is -2.54. The predicted octanol–water partition coefficient (Wildman–Crippen LogP) is 2.92. The summed E-state index contributed by atoms with van der Waals surface area (Å²) in [5.41, 5.74) is 1.75. The Balaban J connectivity index is 1.96. The van der Waals surface area contributed by atoms with Gasteiger partial charge in [0.15, 0.2) is 5.92 Å². The molecular formula is C17H14N2O2. The molecule has 0 saturated carbocycles. The number of ether oxygens (including phenoxy) is 1. The summed E-state index contributed by atoms with van der Waals surface area (Å²) in [6.07, 6.45) is 0. The number of rotatable bonds is 3. The van der Waals surface area contributed by atoms with Gasteiger partial charge in [-0.2, -0.15) is 5.26 Å². The van der Waals surface area contributed by atoms with E-state index < -0.39 is 5.92 Å². The number of β-lactam (4-membered cyclic amide) rings is 1. The molecule has 0 aliphatic carbocycles. The average Bonchev–Trinajstić information content (AvgIpc) is 2.54. The fraction of sp³-hybridized carbons (Fsp3) is 0.176. The molecule has 1 amide bonds. The SMILES string of the molecule is COc1ccc(N2C(=O)[C@@H](C#N)[C@H]2c2ccccc2)cc1. The Labute approximate surface area is 123 Å². The van der Waals surface area contributed by atoms with Gasteiger partial charge in [-0.1, -0.05) is 30.3 Å². The van der Waals surface area contributed by atoms with E-state index in [-0.39, 0.29) is 11.9 Å². The molecule has 4 heteroatoms. The Bertz CT molecular complexity index is 689. The van der Waals surface area contributed by atoms with Gasteiger partial charge in [0.25, 0.3) is 0 Å². The van der Waals surface area contributed by atoms with Crippen LogP contribution >= 0.6 is 0 Å². The molecule has 1 aliphatic heterocycles. The van der Waals surface area contributed by atoms with Crippen molar-refractivity contribution in [3.8, 4) is 11.8 Å². The van der Waals surface area contributed by atoms with E-state index in [0.29, 0.717) is 0 Å². The van der Waals surface area contributed by atoms with Crippen LogP contribution in [0, 0.1) is 17.2 Å². The third kappa shape index (κ3) is 2.13. The van der Waals surface area contributed by atoms with E-state index in [1.54, 1.807) is 12.0 Å². The minimum Gasteiger partial charge on any atom is -0.497 e. The number of benzene rings is 2. The summed E-state index contributed by atoms with van der Waals surface area (Å²) >= 11 is 0.